The van der Waals surface area contributed by atoms with Gasteiger partial charge in [0, 0.05) is 51.2 Å². The second-order valence-corrected chi connectivity index (χ2v) is 7.00. The summed E-state index contributed by atoms with van der Waals surface area (Å²) in [7, 11) is 2.02. The second kappa shape index (κ2) is 7.44. The molecule has 3 rings (SSSR count). The normalized spacial score (nSPS) is 17.5. The molecule has 25 heavy (non-hydrogen) atoms. The number of carbonyl (C=O) groups excluding carboxylic acids is 1. The van der Waals surface area contributed by atoms with Gasteiger partial charge in [0.2, 0.25) is 5.91 Å². The number of nitrogens with zero attached hydrogens (tertiary/aromatic N) is 4. The van der Waals surface area contributed by atoms with Crippen LogP contribution in [0.3, 0.4) is 0 Å². The lowest BCUT2D eigenvalue weighted by atomic mass is 10.00. The summed E-state index contributed by atoms with van der Waals surface area (Å²) < 4.78 is 7.65. The highest BCUT2D eigenvalue weighted by Crippen LogP contribution is 2.25. The van der Waals surface area contributed by atoms with Crippen molar-refractivity contribution in [3.63, 3.8) is 0 Å². The Balaban J connectivity index is 1.61. The van der Waals surface area contributed by atoms with Gasteiger partial charge in [-0.15, -0.1) is 0 Å². The van der Waals surface area contributed by atoms with Gasteiger partial charge >= 0.3 is 0 Å². The molecule has 6 heteroatoms. The summed E-state index contributed by atoms with van der Waals surface area (Å²) in [4.78, 5) is 21.7. The average Bonchev–Trinajstić information content (AvgIpc) is 3.03. The van der Waals surface area contributed by atoms with E-state index in [4.69, 9.17) is 4.42 Å². The van der Waals surface area contributed by atoms with E-state index in [9.17, 15) is 4.79 Å². The van der Waals surface area contributed by atoms with E-state index >= 15 is 0 Å². The van der Waals surface area contributed by atoms with Crippen LogP contribution in [-0.4, -0.2) is 51.4 Å². The van der Waals surface area contributed by atoms with E-state index in [1.165, 1.54) is 0 Å². The molecule has 0 aromatic carbocycles. The lowest BCUT2D eigenvalue weighted by molar-refractivity contribution is -0.132. The Morgan fingerprint density at radius 1 is 1.28 bits per heavy atom. The fourth-order valence-electron chi connectivity index (χ4n) is 3.59. The maximum absolute atomic E-state index is 12.9. The number of rotatable bonds is 4. The molecule has 3 heterocycles. The van der Waals surface area contributed by atoms with Crippen LogP contribution >= 0.6 is 0 Å². The van der Waals surface area contributed by atoms with E-state index < -0.39 is 0 Å². The molecule has 0 N–H and O–H groups in total. The van der Waals surface area contributed by atoms with Gasteiger partial charge in [-0.25, -0.2) is 4.98 Å². The van der Waals surface area contributed by atoms with Crippen LogP contribution in [0, 0.1) is 13.8 Å². The standard InChI is InChI=1S/C19H28N4O2/c1-14-12-17(16(3)25-14)15(2)19(24)23-8-5-7-22(10-11-23)13-18-20-6-9-21(18)4/h6,9,12,15H,5,7-8,10-11,13H2,1-4H3. The number of hydrogen-bond donors (Lipinski definition) is 0. The van der Waals surface area contributed by atoms with Gasteiger partial charge in [-0.05, 0) is 33.3 Å². The first-order valence-electron chi connectivity index (χ1n) is 9.00. The van der Waals surface area contributed by atoms with Crippen molar-refractivity contribution in [2.75, 3.05) is 26.2 Å². The highest BCUT2D eigenvalue weighted by molar-refractivity contribution is 5.83. The Labute approximate surface area is 149 Å². The fourth-order valence-corrected chi connectivity index (χ4v) is 3.59. The zero-order valence-electron chi connectivity index (χ0n) is 15.7. The van der Waals surface area contributed by atoms with Crippen LogP contribution in [0.4, 0.5) is 0 Å². The summed E-state index contributed by atoms with van der Waals surface area (Å²) in [5, 5.41) is 0. The van der Waals surface area contributed by atoms with Crippen molar-refractivity contribution >= 4 is 5.91 Å². The molecule has 1 saturated heterocycles. The van der Waals surface area contributed by atoms with Gasteiger partial charge in [0.15, 0.2) is 0 Å². The van der Waals surface area contributed by atoms with Crippen LogP contribution in [0.1, 0.15) is 42.2 Å². The van der Waals surface area contributed by atoms with Crippen molar-refractivity contribution in [3.8, 4) is 0 Å². The SMILES string of the molecule is Cc1cc(C(C)C(=O)N2CCCN(Cc3nccn3C)CC2)c(C)o1. The van der Waals surface area contributed by atoms with Crippen LogP contribution in [0.25, 0.3) is 0 Å². The first kappa shape index (κ1) is 17.7. The van der Waals surface area contributed by atoms with Crippen molar-refractivity contribution in [2.45, 2.75) is 39.7 Å². The van der Waals surface area contributed by atoms with Crippen molar-refractivity contribution in [1.29, 1.82) is 0 Å². The van der Waals surface area contributed by atoms with E-state index in [2.05, 4.69) is 14.5 Å². The Kier molecular flexibility index (Phi) is 5.27. The predicted molar refractivity (Wildman–Crippen MR) is 96.3 cm³/mol. The van der Waals surface area contributed by atoms with Crippen LogP contribution < -0.4 is 0 Å². The Morgan fingerprint density at radius 3 is 2.72 bits per heavy atom. The minimum atomic E-state index is -0.154. The van der Waals surface area contributed by atoms with Crippen LogP contribution in [0.5, 0.6) is 0 Å². The molecule has 0 bridgehead atoms. The Hall–Kier alpha value is -2.08. The van der Waals surface area contributed by atoms with Gasteiger partial charge in [-0.3, -0.25) is 9.69 Å². The largest absolute Gasteiger partial charge is 0.466 e. The van der Waals surface area contributed by atoms with E-state index in [-0.39, 0.29) is 11.8 Å². The van der Waals surface area contributed by atoms with Gasteiger partial charge in [-0.2, -0.15) is 0 Å². The molecule has 0 saturated carbocycles. The quantitative estimate of drug-likeness (QED) is 0.855. The molecule has 2 aromatic heterocycles. The Morgan fingerprint density at radius 2 is 2.08 bits per heavy atom. The molecule has 0 radical (unpaired) electrons. The number of aryl methyl sites for hydroxylation is 3. The average molecular weight is 344 g/mol. The third-order valence-corrected chi connectivity index (χ3v) is 5.10. The van der Waals surface area contributed by atoms with Crippen LogP contribution in [0.2, 0.25) is 0 Å². The van der Waals surface area contributed by atoms with E-state index in [1.54, 1.807) is 0 Å². The molecule has 1 aliphatic rings. The van der Waals surface area contributed by atoms with E-state index in [1.807, 2.05) is 51.2 Å². The number of amides is 1. The summed E-state index contributed by atoms with van der Waals surface area (Å²) in [6.07, 6.45) is 4.80. The predicted octanol–water partition coefficient (Wildman–Crippen LogP) is 2.47. The molecular weight excluding hydrogens is 316 g/mol. The molecule has 6 nitrogen and oxygen atoms in total. The summed E-state index contributed by atoms with van der Waals surface area (Å²) in [6.45, 7) is 10.1. The van der Waals surface area contributed by atoms with E-state index in [0.717, 1.165) is 62.1 Å². The number of hydrogen-bond acceptors (Lipinski definition) is 4. The molecule has 1 fully saturated rings. The maximum Gasteiger partial charge on any atom is 0.230 e. The minimum Gasteiger partial charge on any atom is -0.466 e. The summed E-state index contributed by atoms with van der Waals surface area (Å²) >= 11 is 0. The topological polar surface area (TPSA) is 54.5 Å². The van der Waals surface area contributed by atoms with Crippen molar-refractivity contribution in [1.82, 2.24) is 19.4 Å². The first-order valence-corrected chi connectivity index (χ1v) is 9.00. The minimum absolute atomic E-state index is 0.154. The van der Waals surface area contributed by atoms with Crippen LogP contribution in [0.15, 0.2) is 22.9 Å². The van der Waals surface area contributed by atoms with E-state index in [0.29, 0.717) is 0 Å². The zero-order chi connectivity index (χ0) is 18.0. The fraction of sp³-hybridized carbons (Fsp3) is 0.579. The summed E-state index contributed by atoms with van der Waals surface area (Å²) in [5.41, 5.74) is 1.01. The van der Waals surface area contributed by atoms with Gasteiger partial charge in [0.1, 0.15) is 17.3 Å². The third-order valence-electron chi connectivity index (χ3n) is 5.10. The lowest BCUT2D eigenvalue weighted by Crippen LogP contribution is -2.37. The molecule has 1 amide bonds. The molecular formula is C19H28N4O2. The first-order chi connectivity index (χ1) is 12.0. The molecule has 1 unspecified atom stereocenters. The van der Waals surface area contributed by atoms with Crippen LogP contribution in [-0.2, 0) is 18.4 Å². The monoisotopic (exact) mass is 344 g/mol. The highest BCUT2D eigenvalue weighted by Gasteiger charge is 2.26. The molecule has 136 valence electrons. The zero-order valence-corrected chi connectivity index (χ0v) is 15.7. The number of carbonyl (C=O) groups is 1. The summed E-state index contributed by atoms with van der Waals surface area (Å²) in [5.74, 6) is 2.83. The number of imidazole rings is 1. The number of furan rings is 1. The van der Waals surface area contributed by atoms with Crippen molar-refractivity contribution in [2.24, 2.45) is 7.05 Å². The van der Waals surface area contributed by atoms with Gasteiger partial charge < -0.3 is 13.9 Å². The lowest BCUT2D eigenvalue weighted by Gasteiger charge is -2.24. The molecule has 0 aliphatic carbocycles. The maximum atomic E-state index is 12.9. The second-order valence-electron chi connectivity index (χ2n) is 7.00. The van der Waals surface area contributed by atoms with Gasteiger partial charge in [0.05, 0.1) is 12.5 Å². The highest BCUT2D eigenvalue weighted by atomic mass is 16.3. The number of aromatic nitrogens is 2. The molecule has 2 aromatic rings. The van der Waals surface area contributed by atoms with Gasteiger partial charge in [0.25, 0.3) is 0 Å². The van der Waals surface area contributed by atoms with Crippen molar-refractivity contribution < 1.29 is 9.21 Å². The summed E-state index contributed by atoms with van der Waals surface area (Å²) in [6, 6.07) is 1.99. The smallest absolute Gasteiger partial charge is 0.230 e. The molecule has 1 atom stereocenters. The van der Waals surface area contributed by atoms with Crippen molar-refractivity contribution in [3.05, 3.63) is 41.4 Å². The molecule has 1 aliphatic heterocycles. The third kappa shape index (κ3) is 3.95. The molecule has 0 spiro atoms. The van der Waals surface area contributed by atoms with Gasteiger partial charge in [-0.1, -0.05) is 0 Å². The Bertz CT molecular complexity index is 734.